The van der Waals surface area contributed by atoms with Crippen LogP contribution in [-0.2, 0) is 0 Å². The number of methoxy groups -OCH3 is 1. The smallest absolute Gasteiger partial charge is 0.257 e. The van der Waals surface area contributed by atoms with Crippen molar-refractivity contribution in [2.45, 2.75) is 0 Å². The number of ether oxygens (including phenoxy) is 1. The van der Waals surface area contributed by atoms with Crippen molar-refractivity contribution in [2.75, 3.05) is 18.2 Å². The minimum atomic E-state index is -0.325. The topological polar surface area (TPSA) is 64.3 Å². The largest absolute Gasteiger partial charge is 0.497 e. The number of nitrogens with two attached hydrogens (primary N) is 1. The molecule has 6 heteroatoms. The fourth-order valence-electron chi connectivity index (χ4n) is 1.66. The van der Waals surface area contributed by atoms with Crippen LogP contribution in [0.1, 0.15) is 10.4 Å². The minimum Gasteiger partial charge on any atom is -0.497 e. The van der Waals surface area contributed by atoms with E-state index in [0.717, 1.165) is 4.47 Å². The lowest BCUT2D eigenvalue weighted by molar-refractivity contribution is 0.102. The average molecular weight is 356 g/mol. The van der Waals surface area contributed by atoms with Crippen molar-refractivity contribution < 1.29 is 9.53 Å². The highest BCUT2D eigenvalue weighted by Crippen LogP contribution is 2.27. The van der Waals surface area contributed by atoms with E-state index in [2.05, 4.69) is 21.2 Å². The van der Waals surface area contributed by atoms with Crippen molar-refractivity contribution in [1.82, 2.24) is 0 Å². The second-order valence-corrected chi connectivity index (χ2v) is 5.35. The van der Waals surface area contributed by atoms with Gasteiger partial charge < -0.3 is 15.8 Å². The molecular formula is C14H12BrClN2O2. The van der Waals surface area contributed by atoms with Crippen LogP contribution in [0.2, 0.25) is 5.02 Å². The van der Waals surface area contributed by atoms with Crippen molar-refractivity contribution in [1.29, 1.82) is 0 Å². The number of halogens is 2. The van der Waals surface area contributed by atoms with Crippen LogP contribution < -0.4 is 15.8 Å². The Morgan fingerprint density at radius 1 is 1.30 bits per heavy atom. The molecule has 1 amide bonds. The first-order valence-electron chi connectivity index (χ1n) is 5.71. The summed E-state index contributed by atoms with van der Waals surface area (Å²) >= 11 is 9.36. The van der Waals surface area contributed by atoms with Gasteiger partial charge in [0.15, 0.2) is 0 Å². The normalized spacial score (nSPS) is 10.2. The first-order chi connectivity index (χ1) is 9.51. The van der Waals surface area contributed by atoms with Crippen LogP contribution in [0.5, 0.6) is 5.75 Å². The van der Waals surface area contributed by atoms with Crippen LogP contribution in [0.15, 0.2) is 40.9 Å². The fraction of sp³-hybridized carbons (Fsp3) is 0.0714. The molecular weight excluding hydrogens is 344 g/mol. The number of hydrogen-bond acceptors (Lipinski definition) is 3. The maximum atomic E-state index is 12.2. The molecule has 0 radical (unpaired) electrons. The van der Waals surface area contributed by atoms with Gasteiger partial charge in [-0.3, -0.25) is 4.79 Å². The number of benzene rings is 2. The second kappa shape index (κ2) is 6.15. The summed E-state index contributed by atoms with van der Waals surface area (Å²) in [4.78, 5) is 12.2. The van der Waals surface area contributed by atoms with Gasteiger partial charge in [0, 0.05) is 16.2 Å². The van der Waals surface area contributed by atoms with E-state index in [1.54, 1.807) is 36.4 Å². The molecule has 2 rings (SSSR count). The average Bonchev–Trinajstić information content (AvgIpc) is 2.41. The van der Waals surface area contributed by atoms with Crippen molar-refractivity contribution in [2.24, 2.45) is 0 Å². The van der Waals surface area contributed by atoms with E-state index in [4.69, 9.17) is 22.1 Å². The Hall–Kier alpha value is -1.72. The standard InChI is InChI=1S/C14H12BrClN2O2/c1-20-9-3-4-10(12(17)7-9)14(19)18-13-5-2-8(15)6-11(13)16/h2-7H,17H2,1H3,(H,18,19). The van der Waals surface area contributed by atoms with Crippen LogP contribution in [-0.4, -0.2) is 13.0 Å². The summed E-state index contributed by atoms with van der Waals surface area (Å²) in [5, 5.41) is 3.16. The number of amides is 1. The molecule has 0 fully saturated rings. The molecule has 0 aliphatic carbocycles. The zero-order chi connectivity index (χ0) is 14.7. The summed E-state index contributed by atoms with van der Waals surface area (Å²) in [5.41, 5.74) is 7.06. The lowest BCUT2D eigenvalue weighted by Gasteiger charge is -2.10. The van der Waals surface area contributed by atoms with E-state index in [1.807, 2.05) is 0 Å². The van der Waals surface area contributed by atoms with E-state index in [9.17, 15) is 4.79 Å². The summed E-state index contributed by atoms with van der Waals surface area (Å²) in [6.07, 6.45) is 0. The molecule has 3 N–H and O–H groups in total. The summed E-state index contributed by atoms with van der Waals surface area (Å²) < 4.78 is 5.88. The number of carbonyl (C=O) groups is 1. The van der Waals surface area contributed by atoms with Crippen LogP contribution in [0.3, 0.4) is 0 Å². The van der Waals surface area contributed by atoms with E-state index < -0.39 is 0 Å². The molecule has 0 spiro atoms. The Morgan fingerprint density at radius 2 is 2.05 bits per heavy atom. The van der Waals surface area contributed by atoms with Gasteiger partial charge in [-0.15, -0.1) is 0 Å². The van der Waals surface area contributed by atoms with E-state index in [1.165, 1.54) is 7.11 Å². The molecule has 0 saturated carbocycles. The van der Waals surface area contributed by atoms with Gasteiger partial charge in [-0.1, -0.05) is 27.5 Å². The summed E-state index contributed by atoms with van der Waals surface area (Å²) in [5.74, 6) is 0.273. The maximum Gasteiger partial charge on any atom is 0.257 e. The SMILES string of the molecule is COc1ccc(C(=O)Nc2ccc(Br)cc2Cl)c(N)c1. The van der Waals surface area contributed by atoms with E-state index in [0.29, 0.717) is 27.7 Å². The summed E-state index contributed by atoms with van der Waals surface area (Å²) in [6, 6.07) is 10.1. The third-order valence-electron chi connectivity index (χ3n) is 2.68. The lowest BCUT2D eigenvalue weighted by Crippen LogP contribution is -2.14. The molecule has 2 aromatic rings. The Balaban J connectivity index is 2.24. The molecule has 0 aromatic heterocycles. The lowest BCUT2D eigenvalue weighted by atomic mass is 10.1. The Bertz CT molecular complexity index is 662. The summed E-state index contributed by atoms with van der Waals surface area (Å²) in [7, 11) is 1.54. The van der Waals surface area contributed by atoms with Gasteiger partial charge in [0.2, 0.25) is 0 Å². The second-order valence-electron chi connectivity index (χ2n) is 4.03. The van der Waals surface area contributed by atoms with Crippen LogP contribution >= 0.6 is 27.5 Å². The summed E-state index contributed by atoms with van der Waals surface area (Å²) in [6.45, 7) is 0. The predicted molar refractivity (Wildman–Crippen MR) is 84.5 cm³/mol. The number of anilines is 2. The maximum absolute atomic E-state index is 12.2. The molecule has 20 heavy (non-hydrogen) atoms. The molecule has 0 heterocycles. The van der Waals surface area contributed by atoms with Gasteiger partial charge in [0.1, 0.15) is 5.75 Å². The predicted octanol–water partition coefficient (Wildman–Crippen LogP) is 3.95. The van der Waals surface area contributed by atoms with Crippen molar-refractivity contribution >= 4 is 44.8 Å². The van der Waals surface area contributed by atoms with Gasteiger partial charge in [0.25, 0.3) is 5.91 Å². The molecule has 0 bridgehead atoms. The van der Waals surface area contributed by atoms with Gasteiger partial charge >= 0.3 is 0 Å². The van der Waals surface area contributed by atoms with Crippen molar-refractivity contribution in [3.63, 3.8) is 0 Å². The Morgan fingerprint density at radius 3 is 2.65 bits per heavy atom. The first-order valence-corrected chi connectivity index (χ1v) is 6.88. The molecule has 0 aliphatic heterocycles. The number of rotatable bonds is 3. The highest BCUT2D eigenvalue weighted by atomic mass is 79.9. The van der Waals surface area contributed by atoms with Crippen molar-refractivity contribution in [3.05, 3.63) is 51.5 Å². The first kappa shape index (κ1) is 14.7. The van der Waals surface area contributed by atoms with Gasteiger partial charge in [-0.05, 0) is 30.3 Å². The molecule has 0 aliphatic rings. The van der Waals surface area contributed by atoms with Gasteiger partial charge in [0.05, 0.1) is 23.4 Å². The highest BCUT2D eigenvalue weighted by Gasteiger charge is 2.12. The van der Waals surface area contributed by atoms with E-state index in [-0.39, 0.29) is 5.91 Å². The molecule has 4 nitrogen and oxygen atoms in total. The molecule has 0 atom stereocenters. The van der Waals surface area contributed by atoms with Crippen LogP contribution in [0.25, 0.3) is 0 Å². The fourth-order valence-corrected chi connectivity index (χ4v) is 2.38. The van der Waals surface area contributed by atoms with E-state index >= 15 is 0 Å². The number of nitrogen functional groups attached to an aromatic ring is 1. The zero-order valence-electron chi connectivity index (χ0n) is 10.6. The Kier molecular flexibility index (Phi) is 4.52. The quantitative estimate of drug-likeness (QED) is 0.820. The molecule has 0 saturated heterocycles. The van der Waals surface area contributed by atoms with Crippen molar-refractivity contribution in [3.8, 4) is 5.75 Å². The van der Waals surface area contributed by atoms with Gasteiger partial charge in [-0.2, -0.15) is 0 Å². The molecule has 0 unspecified atom stereocenters. The number of hydrogen-bond donors (Lipinski definition) is 2. The minimum absolute atomic E-state index is 0.325. The number of nitrogens with one attached hydrogen (secondary N) is 1. The highest BCUT2D eigenvalue weighted by molar-refractivity contribution is 9.10. The van der Waals surface area contributed by atoms with Crippen LogP contribution in [0, 0.1) is 0 Å². The molecule has 104 valence electrons. The zero-order valence-corrected chi connectivity index (χ0v) is 13.0. The Labute approximate surface area is 130 Å². The third kappa shape index (κ3) is 3.23. The third-order valence-corrected chi connectivity index (χ3v) is 3.49. The molecule has 2 aromatic carbocycles. The number of carbonyl (C=O) groups excluding carboxylic acids is 1. The van der Waals surface area contributed by atoms with Crippen LogP contribution in [0.4, 0.5) is 11.4 Å². The van der Waals surface area contributed by atoms with Gasteiger partial charge in [-0.25, -0.2) is 0 Å². The monoisotopic (exact) mass is 354 g/mol.